The fourth-order valence-electron chi connectivity index (χ4n) is 2.81. The summed E-state index contributed by atoms with van der Waals surface area (Å²) in [4.78, 5) is 0. The molecule has 3 heteroatoms. The molecule has 0 unspecified atom stereocenters. The second-order valence-corrected chi connectivity index (χ2v) is 5.46. The summed E-state index contributed by atoms with van der Waals surface area (Å²) in [7, 11) is 0. The number of rotatable bonds is 4. The second-order valence-electron chi connectivity index (χ2n) is 5.46. The van der Waals surface area contributed by atoms with Gasteiger partial charge in [-0.15, -0.1) is 0 Å². The Kier molecular flexibility index (Phi) is 5.90. The molecular weight excluding hydrogens is 250 g/mol. The predicted molar refractivity (Wildman–Crippen MR) is 82.5 cm³/mol. The van der Waals surface area contributed by atoms with E-state index in [0.717, 1.165) is 28.9 Å². The number of nitrogens with zero attached hydrogens (tertiary/aromatic N) is 1. The van der Waals surface area contributed by atoms with Crippen LogP contribution in [0.3, 0.4) is 0 Å². The van der Waals surface area contributed by atoms with Gasteiger partial charge in [0.25, 0.3) is 0 Å². The van der Waals surface area contributed by atoms with Gasteiger partial charge in [0, 0.05) is 12.8 Å². The largest absolute Gasteiger partial charge is 0.624 e. The fourth-order valence-corrected chi connectivity index (χ4v) is 2.81. The Balaban J connectivity index is 2.11. The van der Waals surface area contributed by atoms with E-state index in [0.29, 0.717) is 6.61 Å². The van der Waals surface area contributed by atoms with E-state index in [1.807, 2.05) is 31.2 Å². The molecule has 0 N–H and O–H groups in total. The first-order valence-electron chi connectivity index (χ1n) is 7.83. The maximum absolute atomic E-state index is 12.4. The van der Waals surface area contributed by atoms with Crippen LogP contribution < -0.4 is 4.74 Å². The van der Waals surface area contributed by atoms with Crippen molar-refractivity contribution in [3.8, 4) is 5.75 Å². The molecule has 0 amide bonds. The average Bonchev–Trinajstić information content (AvgIpc) is 2.40. The minimum atomic E-state index is 0.130. The SMILES string of the molecule is CCOc1ccccc1C=[N+]([O-])C1CCCCCCC1. The number of hydroxylamine groups is 1. The van der Waals surface area contributed by atoms with E-state index in [1.54, 1.807) is 6.21 Å². The summed E-state index contributed by atoms with van der Waals surface area (Å²) in [6.07, 6.45) is 9.92. The molecule has 1 aromatic carbocycles. The van der Waals surface area contributed by atoms with Crippen LogP contribution >= 0.6 is 0 Å². The minimum Gasteiger partial charge on any atom is -0.624 e. The molecule has 0 aliphatic heterocycles. The van der Waals surface area contributed by atoms with Crippen LogP contribution in [0.25, 0.3) is 0 Å². The number of ether oxygens (including phenoxy) is 1. The predicted octanol–water partition coefficient (Wildman–Crippen LogP) is 4.13. The maximum Gasteiger partial charge on any atom is 0.185 e. The zero-order valence-electron chi connectivity index (χ0n) is 12.4. The normalized spacial score (nSPS) is 18.4. The summed E-state index contributed by atoms with van der Waals surface area (Å²) in [5, 5.41) is 12.4. The first kappa shape index (κ1) is 14.9. The molecule has 110 valence electrons. The quantitative estimate of drug-likeness (QED) is 0.358. The molecule has 0 atom stereocenters. The molecule has 0 heterocycles. The van der Waals surface area contributed by atoms with Crippen LogP contribution in [0, 0.1) is 5.21 Å². The highest BCUT2D eigenvalue weighted by Crippen LogP contribution is 2.20. The van der Waals surface area contributed by atoms with Gasteiger partial charge in [0.05, 0.1) is 12.2 Å². The maximum atomic E-state index is 12.4. The standard InChI is InChI=1S/C17H25NO2/c1-2-20-17-13-9-8-10-15(17)14-18(19)16-11-6-4-3-5-7-12-16/h8-10,13-14,16H,2-7,11-12H2,1H3. The van der Waals surface area contributed by atoms with Crippen molar-refractivity contribution >= 4 is 6.21 Å². The Hall–Kier alpha value is -1.51. The van der Waals surface area contributed by atoms with Crippen LogP contribution in [-0.4, -0.2) is 23.6 Å². The van der Waals surface area contributed by atoms with E-state index >= 15 is 0 Å². The molecule has 1 saturated carbocycles. The van der Waals surface area contributed by atoms with Crippen molar-refractivity contribution in [3.63, 3.8) is 0 Å². The van der Waals surface area contributed by atoms with Crippen molar-refractivity contribution in [1.82, 2.24) is 0 Å². The van der Waals surface area contributed by atoms with Gasteiger partial charge >= 0.3 is 0 Å². The molecule has 1 fully saturated rings. The van der Waals surface area contributed by atoms with Crippen LogP contribution in [-0.2, 0) is 0 Å². The highest BCUT2D eigenvalue weighted by atomic mass is 16.5. The second kappa shape index (κ2) is 7.93. The van der Waals surface area contributed by atoms with Crippen molar-refractivity contribution in [2.75, 3.05) is 6.61 Å². The molecule has 1 aromatic rings. The summed E-state index contributed by atoms with van der Waals surface area (Å²) in [5.74, 6) is 0.793. The third kappa shape index (κ3) is 4.26. The van der Waals surface area contributed by atoms with Gasteiger partial charge in [-0.05, 0) is 31.9 Å². The lowest BCUT2D eigenvalue weighted by Gasteiger charge is -2.19. The smallest absolute Gasteiger partial charge is 0.185 e. The van der Waals surface area contributed by atoms with E-state index in [-0.39, 0.29) is 6.04 Å². The van der Waals surface area contributed by atoms with Gasteiger partial charge in [0.2, 0.25) is 0 Å². The Bertz CT molecular complexity index is 434. The summed E-state index contributed by atoms with van der Waals surface area (Å²) in [5.41, 5.74) is 0.881. The van der Waals surface area contributed by atoms with Crippen molar-refractivity contribution < 1.29 is 9.48 Å². The minimum absolute atomic E-state index is 0.130. The van der Waals surface area contributed by atoms with Gasteiger partial charge in [-0.25, -0.2) is 4.74 Å². The van der Waals surface area contributed by atoms with Crippen molar-refractivity contribution in [2.45, 2.75) is 57.9 Å². The molecule has 20 heavy (non-hydrogen) atoms. The third-order valence-corrected chi connectivity index (χ3v) is 3.92. The number of hydrogen-bond acceptors (Lipinski definition) is 2. The van der Waals surface area contributed by atoms with Gasteiger partial charge in [-0.1, -0.05) is 31.4 Å². The molecule has 0 saturated heterocycles. The molecule has 0 spiro atoms. The molecule has 0 radical (unpaired) electrons. The Morgan fingerprint density at radius 2 is 1.80 bits per heavy atom. The van der Waals surface area contributed by atoms with E-state index in [4.69, 9.17) is 4.74 Å². The highest BCUT2D eigenvalue weighted by molar-refractivity contribution is 5.80. The lowest BCUT2D eigenvalue weighted by atomic mass is 9.97. The van der Waals surface area contributed by atoms with Crippen molar-refractivity contribution in [3.05, 3.63) is 35.0 Å². The summed E-state index contributed by atoms with van der Waals surface area (Å²) in [6, 6.07) is 7.87. The van der Waals surface area contributed by atoms with Crippen LogP contribution in [0.2, 0.25) is 0 Å². The Morgan fingerprint density at radius 1 is 1.15 bits per heavy atom. The van der Waals surface area contributed by atoms with E-state index in [1.165, 1.54) is 32.1 Å². The van der Waals surface area contributed by atoms with Crippen LogP contribution in [0.4, 0.5) is 0 Å². The number of para-hydroxylation sites is 1. The molecular formula is C17H25NO2. The topological polar surface area (TPSA) is 35.3 Å². The first-order valence-corrected chi connectivity index (χ1v) is 7.83. The number of benzene rings is 1. The molecule has 1 aliphatic rings. The van der Waals surface area contributed by atoms with Crippen LogP contribution in [0.5, 0.6) is 5.75 Å². The van der Waals surface area contributed by atoms with Gasteiger partial charge in [-0.2, -0.15) is 0 Å². The Labute approximate surface area is 121 Å². The van der Waals surface area contributed by atoms with Gasteiger partial charge in [0.15, 0.2) is 12.3 Å². The molecule has 0 bridgehead atoms. The summed E-state index contributed by atoms with van der Waals surface area (Å²) in [6.45, 7) is 2.58. The van der Waals surface area contributed by atoms with Crippen LogP contribution in [0.1, 0.15) is 57.4 Å². The summed E-state index contributed by atoms with van der Waals surface area (Å²) >= 11 is 0. The van der Waals surface area contributed by atoms with E-state index < -0.39 is 0 Å². The van der Waals surface area contributed by atoms with Crippen molar-refractivity contribution in [1.29, 1.82) is 0 Å². The van der Waals surface area contributed by atoms with E-state index in [2.05, 4.69) is 0 Å². The van der Waals surface area contributed by atoms with Gasteiger partial charge < -0.3 is 9.94 Å². The zero-order chi connectivity index (χ0) is 14.2. The van der Waals surface area contributed by atoms with Crippen molar-refractivity contribution in [2.24, 2.45) is 0 Å². The average molecular weight is 275 g/mol. The lowest BCUT2D eigenvalue weighted by molar-refractivity contribution is -0.499. The third-order valence-electron chi connectivity index (χ3n) is 3.92. The van der Waals surface area contributed by atoms with Crippen LogP contribution in [0.15, 0.2) is 24.3 Å². The Morgan fingerprint density at radius 3 is 2.50 bits per heavy atom. The lowest BCUT2D eigenvalue weighted by Crippen LogP contribution is -2.24. The highest BCUT2D eigenvalue weighted by Gasteiger charge is 2.18. The van der Waals surface area contributed by atoms with Gasteiger partial charge in [-0.3, -0.25) is 0 Å². The zero-order valence-corrected chi connectivity index (χ0v) is 12.4. The molecule has 0 aromatic heterocycles. The molecule has 3 nitrogen and oxygen atoms in total. The summed E-state index contributed by atoms with van der Waals surface area (Å²) < 4.78 is 6.73. The fraction of sp³-hybridized carbons (Fsp3) is 0.588. The number of hydrogen-bond donors (Lipinski definition) is 0. The monoisotopic (exact) mass is 275 g/mol. The first-order chi connectivity index (χ1) is 9.81. The molecule has 1 aliphatic carbocycles. The van der Waals surface area contributed by atoms with Gasteiger partial charge in [0.1, 0.15) is 5.75 Å². The van der Waals surface area contributed by atoms with E-state index in [9.17, 15) is 5.21 Å². The molecule has 2 rings (SSSR count).